The van der Waals surface area contributed by atoms with E-state index in [1.165, 1.54) is 6.07 Å². The van der Waals surface area contributed by atoms with Gasteiger partial charge in [0.05, 0.1) is 11.8 Å². The molecule has 0 spiro atoms. The summed E-state index contributed by atoms with van der Waals surface area (Å²) in [6, 6.07) is 15.1. The summed E-state index contributed by atoms with van der Waals surface area (Å²) in [5.41, 5.74) is 2.33. The van der Waals surface area contributed by atoms with Crippen LogP contribution in [0, 0.1) is 23.0 Å². The van der Waals surface area contributed by atoms with E-state index in [0.29, 0.717) is 37.5 Å². The molecule has 3 aromatic rings. The predicted molar refractivity (Wildman–Crippen MR) is 163 cm³/mol. The summed E-state index contributed by atoms with van der Waals surface area (Å²) in [5, 5.41) is 0. The molecule has 0 radical (unpaired) electrons. The third-order valence-corrected chi connectivity index (χ3v) is 8.74. The molecule has 2 aromatic carbocycles. The number of carbonyl (C=O) groups is 2. The van der Waals surface area contributed by atoms with Crippen LogP contribution in [0.1, 0.15) is 57.8 Å². The fourth-order valence-electron chi connectivity index (χ4n) is 5.74. The van der Waals surface area contributed by atoms with Crippen LogP contribution in [0.4, 0.5) is 8.78 Å². The molecule has 1 unspecified atom stereocenters. The van der Waals surface area contributed by atoms with E-state index < -0.39 is 11.6 Å². The second-order valence-electron chi connectivity index (χ2n) is 12.0. The molecular formula is C33H41F2N3O2S. The van der Waals surface area contributed by atoms with Gasteiger partial charge in [0.25, 0.3) is 0 Å². The maximum atomic E-state index is 15.0. The van der Waals surface area contributed by atoms with Gasteiger partial charge in [-0.15, -0.1) is 0 Å². The first-order valence-corrected chi connectivity index (χ1v) is 15.5. The second-order valence-corrected chi connectivity index (χ2v) is 13.1. The van der Waals surface area contributed by atoms with Crippen LogP contribution in [0.25, 0.3) is 11.1 Å². The number of carbonyl (C=O) groups excluding carboxylic acids is 2. The average Bonchev–Trinajstić information content (AvgIpc) is 3.56. The number of amides is 2. The smallest absolute Gasteiger partial charge is 0.233 e. The molecule has 41 heavy (non-hydrogen) atoms. The van der Waals surface area contributed by atoms with Crippen molar-refractivity contribution in [3.05, 3.63) is 83.7 Å². The van der Waals surface area contributed by atoms with Gasteiger partial charge in [-0.25, -0.2) is 8.78 Å². The molecule has 0 N–H and O–H groups in total. The number of halogens is 2. The number of nitrogens with zero attached hydrogens (tertiary/aromatic N) is 3. The predicted octanol–water partition coefficient (Wildman–Crippen LogP) is 7.02. The Kier molecular flexibility index (Phi) is 10.3. The molecule has 0 bridgehead atoms. The van der Waals surface area contributed by atoms with Gasteiger partial charge in [-0.05, 0) is 59.8 Å². The number of thioether (sulfide) groups is 1. The number of hydrogen-bond acceptors (Lipinski definition) is 3. The van der Waals surface area contributed by atoms with Crippen LogP contribution in [0.5, 0.6) is 0 Å². The van der Waals surface area contributed by atoms with Crippen molar-refractivity contribution >= 4 is 24.1 Å². The zero-order valence-corrected chi connectivity index (χ0v) is 25.3. The van der Waals surface area contributed by atoms with E-state index >= 15 is 0 Å². The SMILES string of the molecule is CCCSCC(=O)N(CC1CCN(C=O)C1)[C@@H](c1cc(-c2cc(F)ccc2F)cn1Cc1ccccc1)C(C)(C)C. The maximum absolute atomic E-state index is 15.0. The van der Waals surface area contributed by atoms with Crippen molar-refractivity contribution in [1.29, 1.82) is 0 Å². The van der Waals surface area contributed by atoms with E-state index in [1.54, 1.807) is 16.7 Å². The Hall–Kier alpha value is -3.13. The summed E-state index contributed by atoms with van der Waals surface area (Å²) in [6.45, 7) is 10.8. The molecule has 1 saturated heterocycles. The van der Waals surface area contributed by atoms with Crippen molar-refractivity contribution in [2.24, 2.45) is 11.3 Å². The lowest BCUT2D eigenvalue weighted by atomic mass is 9.82. The molecule has 0 aliphatic carbocycles. The Balaban J connectivity index is 1.82. The van der Waals surface area contributed by atoms with Gasteiger partial charge in [-0.3, -0.25) is 9.59 Å². The average molecular weight is 582 g/mol. The van der Waals surface area contributed by atoms with Crippen molar-refractivity contribution in [3.63, 3.8) is 0 Å². The summed E-state index contributed by atoms with van der Waals surface area (Å²) in [4.78, 5) is 29.2. The molecule has 1 aliphatic rings. The standard InChI is InChI=1S/C33H41F2N3O2S/c1-5-15-41-22-31(40)38(20-25-13-14-36(18-25)23-39)32(33(2,3)4)30-16-26(28-17-27(34)11-12-29(28)35)21-37(30)19-24-9-7-6-8-10-24/h6-12,16-17,21,23,25,32H,5,13-15,18-20,22H2,1-4H3/t25?,32-/m0/s1. The first-order valence-electron chi connectivity index (χ1n) is 14.4. The lowest BCUT2D eigenvalue weighted by Crippen LogP contribution is -2.45. The minimum atomic E-state index is -0.503. The molecule has 5 nitrogen and oxygen atoms in total. The third-order valence-electron chi connectivity index (χ3n) is 7.59. The lowest BCUT2D eigenvalue weighted by molar-refractivity contribution is -0.134. The van der Waals surface area contributed by atoms with E-state index in [0.717, 1.165) is 48.4 Å². The zero-order valence-electron chi connectivity index (χ0n) is 24.5. The highest BCUT2D eigenvalue weighted by Gasteiger charge is 2.39. The third kappa shape index (κ3) is 7.79. The fourth-order valence-corrected chi connectivity index (χ4v) is 6.51. The molecule has 2 atom stereocenters. The van der Waals surface area contributed by atoms with Gasteiger partial charge in [0.1, 0.15) is 11.6 Å². The Morgan fingerprint density at radius 2 is 1.90 bits per heavy atom. The minimum absolute atomic E-state index is 0.0545. The van der Waals surface area contributed by atoms with Gasteiger partial charge < -0.3 is 14.4 Å². The number of rotatable bonds is 12. The summed E-state index contributed by atoms with van der Waals surface area (Å²) in [5.74, 6) is 0.495. The molecule has 2 amide bonds. The topological polar surface area (TPSA) is 45.6 Å². The fraction of sp³-hybridized carbons (Fsp3) is 0.455. The number of likely N-dealkylation sites (tertiary alicyclic amines) is 1. The lowest BCUT2D eigenvalue weighted by Gasteiger charge is -2.42. The van der Waals surface area contributed by atoms with Crippen molar-refractivity contribution in [3.8, 4) is 11.1 Å². The monoisotopic (exact) mass is 581 g/mol. The van der Waals surface area contributed by atoms with Gasteiger partial charge in [-0.2, -0.15) is 11.8 Å². The largest absolute Gasteiger partial charge is 0.345 e. The first-order chi connectivity index (χ1) is 19.6. The minimum Gasteiger partial charge on any atom is -0.345 e. The van der Waals surface area contributed by atoms with Crippen LogP contribution in [0.15, 0.2) is 60.8 Å². The van der Waals surface area contributed by atoms with Crippen LogP contribution < -0.4 is 0 Å². The molecule has 1 aliphatic heterocycles. The Bertz CT molecular complexity index is 1320. The summed E-state index contributed by atoms with van der Waals surface area (Å²) in [6.07, 6.45) is 4.58. The van der Waals surface area contributed by atoms with E-state index in [2.05, 4.69) is 32.3 Å². The number of benzene rings is 2. The molecular weight excluding hydrogens is 540 g/mol. The van der Waals surface area contributed by atoms with Gasteiger partial charge in [0, 0.05) is 49.2 Å². The molecule has 2 heterocycles. The Morgan fingerprint density at radius 1 is 1.15 bits per heavy atom. The van der Waals surface area contributed by atoms with Crippen molar-refractivity contribution in [2.45, 2.75) is 53.1 Å². The highest BCUT2D eigenvalue weighted by molar-refractivity contribution is 7.99. The van der Waals surface area contributed by atoms with Crippen LogP contribution >= 0.6 is 11.8 Å². The van der Waals surface area contributed by atoms with Crippen LogP contribution in [-0.2, 0) is 16.1 Å². The van der Waals surface area contributed by atoms with E-state index in [4.69, 9.17) is 0 Å². The van der Waals surface area contributed by atoms with Crippen LogP contribution in [-0.4, -0.2) is 57.8 Å². The van der Waals surface area contributed by atoms with Crippen LogP contribution in [0.3, 0.4) is 0 Å². The highest BCUT2D eigenvalue weighted by Crippen LogP contribution is 2.42. The normalized spacial score (nSPS) is 16.1. The quantitative estimate of drug-likeness (QED) is 0.171. The Morgan fingerprint density at radius 3 is 2.56 bits per heavy atom. The van der Waals surface area contributed by atoms with Gasteiger partial charge in [0.15, 0.2) is 0 Å². The summed E-state index contributed by atoms with van der Waals surface area (Å²) < 4.78 is 31.3. The molecule has 1 aromatic heterocycles. The van der Waals surface area contributed by atoms with Crippen molar-refractivity contribution < 1.29 is 18.4 Å². The molecule has 0 saturated carbocycles. The number of aromatic nitrogens is 1. The molecule has 1 fully saturated rings. The highest BCUT2D eigenvalue weighted by atomic mass is 32.2. The van der Waals surface area contributed by atoms with E-state index in [9.17, 15) is 18.4 Å². The van der Waals surface area contributed by atoms with Crippen LogP contribution in [0.2, 0.25) is 0 Å². The first kappa shape index (κ1) is 30.8. The van der Waals surface area contributed by atoms with Gasteiger partial charge in [0.2, 0.25) is 12.3 Å². The maximum Gasteiger partial charge on any atom is 0.233 e. The van der Waals surface area contributed by atoms with Gasteiger partial charge >= 0.3 is 0 Å². The van der Waals surface area contributed by atoms with Crippen molar-refractivity contribution in [1.82, 2.24) is 14.4 Å². The Labute approximate surface area is 246 Å². The summed E-state index contributed by atoms with van der Waals surface area (Å²) in [7, 11) is 0. The number of hydrogen-bond donors (Lipinski definition) is 0. The van der Waals surface area contributed by atoms with Crippen molar-refractivity contribution in [2.75, 3.05) is 31.1 Å². The summed E-state index contributed by atoms with van der Waals surface area (Å²) >= 11 is 1.63. The second kappa shape index (κ2) is 13.7. The van der Waals surface area contributed by atoms with E-state index in [-0.39, 0.29) is 28.8 Å². The molecule has 4 rings (SSSR count). The van der Waals surface area contributed by atoms with Gasteiger partial charge in [-0.1, -0.05) is 58.0 Å². The zero-order chi connectivity index (χ0) is 29.6. The van der Waals surface area contributed by atoms with E-state index in [1.807, 2.05) is 47.5 Å². The molecule has 8 heteroatoms. The molecule has 220 valence electrons.